The molecule has 3 rings (SSSR count). The molecule has 3 amide bonds. The van der Waals surface area contributed by atoms with Gasteiger partial charge in [0.15, 0.2) is 0 Å². The summed E-state index contributed by atoms with van der Waals surface area (Å²) in [6.45, 7) is 20.0. The summed E-state index contributed by atoms with van der Waals surface area (Å²) in [7, 11) is 3.58. The van der Waals surface area contributed by atoms with E-state index >= 15 is 0 Å². The SMILES string of the molecule is CNC(C(=O)NC(C(=O)N(C)C(/C=C(\C)C(=O)N1CCCC1CN1CCCC1)C(C)C)C(C)(C)C)C(C)(C)c1ccccc1. The molecule has 0 aromatic heterocycles. The zero-order valence-electron chi connectivity index (χ0n) is 29.1. The second-order valence-corrected chi connectivity index (χ2v) is 15.0. The lowest BCUT2D eigenvalue weighted by Crippen LogP contribution is -2.61. The summed E-state index contributed by atoms with van der Waals surface area (Å²) >= 11 is 0. The molecule has 246 valence electrons. The lowest BCUT2D eigenvalue weighted by Gasteiger charge is -2.40. The molecular weight excluding hydrogens is 550 g/mol. The Morgan fingerprint density at radius 3 is 2.14 bits per heavy atom. The number of nitrogens with one attached hydrogen (secondary N) is 2. The summed E-state index contributed by atoms with van der Waals surface area (Å²) in [5, 5.41) is 6.33. The molecule has 2 N–H and O–H groups in total. The van der Waals surface area contributed by atoms with Crippen molar-refractivity contribution in [2.45, 2.75) is 111 Å². The fraction of sp³-hybridized carbons (Fsp3) is 0.694. The molecular formula is C36H59N5O3. The Bertz CT molecular complexity index is 1150. The van der Waals surface area contributed by atoms with E-state index in [4.69, 9.17) is 0 Å². The smallest absolute Gasteiger partial charge is 0.249 e. The van der Waals surface area contributed by atoms with Crippen molar-refractivity contribution in [3.05, 3.63) is 47.5 Å². The third kappa shape index (κ3) is 8.51. The van der Waals surface area contributed by atoms with Gasteiger partial charge in [-0.05, 0) is 69.6 Å². The van der Waals surface area contributed by atoms with Crippen molar-refractivity contribution in [1.82, 2.24) is 25.3 Å². The molecule has 0 bridgehead atoms. The van der Waals surface area contributed by atoms with Gasteiger partial charge in [-0.1, -0.05) is 84.9 Å². The normalized spacial score (nSPS) is 20.5. The maximum Gasteiger partial charge on any atom is 0.249 e. The number of hydrogen-bond acceptors (Lipinski definition) is 5. The summed E-state index contributed by atoms with van der Waals surface area (Å²) in [6, 6.07) is 8.61. The third-order valence-corrected chi connectivity index (χ3v) is 9.73. The Morgan fingerprint density at radius 2 is 1.59 bits per heavy atom. The van der Waals surface area contributed by atoms with Gasteiger partial charge in [-0.15, -0.1) is 0 Å². The minimum absolute atomic E-state index is 0.0684. The minimum Gasteiger partial charge on any atom is -0.342 e. The monoisotopic (exact) mass is 609 g/mol. The third-order valence-electron chi connectivity index (χ3n) is 9.73. The number of amides is 3. The van der Waals surface area contributed by atoms with Gasteiger partial charge in [0.05, 0.1) is 12.1 Å². The van der Waals surface area contributed by atoms with Gasteiger partial charge in [-0.25, -0.2) is 0 Å². The van der Waals surface area contributed by atoms with Gasteiger partial charge in [-0.3, -0.25) is 14.4 Å². The highest BCUT2D eigenvalue weighted by Gasteiger charge is 2.42. The van der Waals surface area contributed by atoms with E-state index in [-0.39, 0.29) is 35.7 Å². The number of carbonyl (C=O) groups is 3. The molecule has 4 atom stereocenters. The summed E-state index contributed by atoms with van der Waals surface area (Å²) in [5.74, 6) is -0.242. The molecule has 2 fully saturated rings. The number of carbonyl (C=O) groups excluding carboxylic acids is 3. The number of hydrogen-bond donors (Lipinski definition) is 2. The van der Waals surface area contributed by atoms with Crippen molar-refractivity contribution in [3.8, 4) is 0 Å². The number of likely N-dealkylation sites (N-methyl/N-ethyl adjacent to an activating group) is 2. The average Bonchev–Trinajstić information content (AvgIpc) is 3.66. The highest BCUT2D eigenvalue weighted by Crippen LogP contribution is 2.29. The molecule has 2 aliphatic heterocycles. The Labute approximate surface area is 267 Å². The minimum atomic E-state index is -0.753. The van der Waals surface area contributed by atoms with E-state index in [0.717, 1.165) is 44.6 Å². The second-order valence-electron chi connectivity index (χ2n) is 15.0. The summed E-state index contributed by atoms with van der Waals surface area (Å²) in [5.41, 5.74) is 0.661. The lowest BCUT2D eigenvalue weighted by molar-refractivity contribution is -0.141. The van der Waals surface area contributed by atoms with Crippen molar-refractivity contribution in [1.29, 1.82) is 0 Å². The molecule has 1 aromatic carbocycles. The molecule has 0 saturated carbocycles. The number of benzene rings is 1. The van der Waals surface area contributed by atoms with Crippen molar-refractivity contribution < 1.29 is 14.4 Å². The zero-order chi connectivity index (χ0) is 32.8. The van der Waals surface area contributed by atoms with E-state index in [1.807, 2.05) is 82.9 Å². The van der Waals surface area contributed by atoms with Gasteiger partial charge in [0.25, 0.3) is 0 Å². The van der Waals surface area contributed by atoms with E-state index in [9.17, 15) is 14.4 Å². The first-order valence-corrected chi connectivity index (χ1v) is 16.6. The van der Waals surface area contributed by atoms with Gasteiger partial charge >= 0.3 is 0 Å². The maximum absolute atomic E-state index is 14.2. The molecule has 0 radical (unpaired) electrons. The van der Waals surface area contributed by atoms with Crippen LogP contribution in [0.4, 0.5) is 0 Å². The van der Waals surface area contributed by atoms with Crippen LogP contribution in [0.5, 0.6) is 0 Å². The maximum atomic E-state index is 14.2. The van der Waals surface area contributed by atoms with E-state index in [1.54, 1.807) is 19.0 Å². The first-order valence-electron chi connectivity index (χ1n) is 16.6. The van der Waals surface area contributed by atoms with Gasteiger partial charge < -0.3 is 25.3 Å². The molecule has 0 aliphatic carbocycles. The molecule has 2 aliphatic rings. The van der Waals surface area contributed by atoms with Crippen LogP contribution in [-0.4, -0.2) is 96.9 Å². The Hall–Kier alpha value is -2.71. The molecule has 2 heterocycles. The van der Waals surface area contributed by atoms with Crippen LogP contribution >= 0.6 is 0 Å². The molecule has 1 aromatic rings. The average molecular weight is 610 g/mol. The molecule has 4 unspecified atom stereocenters. The molecule has 8 nitrogen and oxygen atoms in total. The first-order chi connectivity index (χ1) is 20.6. The van der Waals surface area contributed by atoms with Crippen molar-refractivity contribution in [2.75, 3.05) is 40.3 Å². The molecule has 8 heteroatoms. The summed E-state index contributed by atoms with van der Waals surface area (Å²) in [6.07, 6.45) is 6.53. The van der Waals surface area contributed by atoms with Crippen LogP contribution in [0.3, 0.4) is 0 Å². The number of nitrogens with zero attached hydrogens (tertiary/aromatic N) is 3. The molecule has 2 saturated heterocycles. The Balaban J connectivity index is 1.79. The van der Waals surface area contributed by atoms with Gasteiger partial charge in [0, 0.05) is 37.2 Å². The van der Waals surface area contributed by atoms with Crippen LogP contribution in [0, 0.1) is 11.3 Å². The van der Waals surface area contributed by atoms with Crippen LogP contribution in [-0.2, 0) is 19.8 Å². The highest BCUT2D eigenvalue weighted by molar-refractivity contribution is 5.94. The molecule has 44 heavy (non-hydrogen) atoms. The van der Waals surface area contributed by atoms with E-state index in [2.05, 4.69) is 29.4 Å². The van der Waals surface area contributed by atoms with Gasteiger partial charge in [0.2, 0.25) is 17.7 Å². The predicted octanol–water partition coefficient (Wildman–Crippen LogP) is 4.60. The van der Waals surface area contributed by atoms with Crippen LogP contribution in [0.15, 0.2) is 42.0 Å². The molecule has 0 spiro atoms. The predicted molar refractivity (Wildman–Crippen MR) is 179 cm³/mol. The zero-order valence-corrected chi connectivity index (χ0v) is 29.1. The Kier molecular flexibility index (Phi) is 12.2. The van der Waals surface area contributed by atoms with E-state index in [1.165, 1.54) is 12.8 Å². The number of likely N-dealkylation sites (tertiary alicyclic amines) is 2. The number of rotatable bonds is 12. The van der Waals surface area contributed by atoms with Crippen molar-refractivity contribution >= 4 is 17.7 Å². The van der Waals surface area contributed by atoms with Gasteiger partial charge in [0.1, 0.15) is 6.04 Å². The van der Waals surface area contributed by atoms with Crippen molar-refractivity contribution in [3.63, 3.8) is 0 Å². The van der Waals surface area contributed by atoms with Crippen LogP contribution in [0.2, 0.25) is 0 Å². The summed E-state index contributed by atoms with van der Waals surface area (Å²) < 4.78 is 0. The highest BCUT2D eigenvalue weighted by atomic mass is 16.2. The quantitative estimate of drug-likeness (QED) is 0.339. The first kappa shape index (κ1) is 35.8. The standard InChI is InChI=1S/C36H59N5O3/c1-25(2)29(23-26(3)33(43)41-22-16-19-28(41)24-40-20-14-15-21-40)39(10)34(44)31(35(4,5)6)38-32(42)30(37-9)36(7,8)27-17-12-11-13-18-27/h11-13,17-18,23,25,28-31,37H,14-16,19-22,24H2,1-10H3,(H,38,42)/b26-23+. The van der Waals surface area contributed by atoms with Crippen molar-refractivity contribution in [2.24, 2.45) is 11.3 Å². The van der Waals surface area contributed by atoms with Gasteiger partial charge in [-0.2, -0.15) is 0 Å². The Morgan fingerprint density at radius 1 is 0.977 bits per heavy atom. The van der Waals surface area contributed by atoms with E-state index in [0.29, 0.717) is 5.57 Å². The lowest BCUT2D eigenvalue weighted by atomic mass is 9.76. The summed E-state index contributed by atoms with van der Waals surface area (Å²) in [4.78, 5) is 48.0. The largest absolute Gasteiger partial charge is 0.342 e. The second kappa shape index (κ2) is 15.0. The van der Waals surface area contributed by atoms with Crippen LogP contribution in [0.1, 0.15) is 86.6 Å². The fourth-order valence-corrected chi connectivity index (χ4v) is 6.94. The van der Waals surface area contributed by atoms with E-state index < -0.39 is 22.9 Å². The topological polar surface area (TPSA) is 85.0 Å². The van der Waals surface area contributed by atoms with Crippen LogP contribution in [0.25, 0.3) is 0 Å². The fourth-order valence-electron chi connectivity index (χ4n) is 6.94. The van der Waals surface area contributed by atoms with Crippen LogP contribution < -0.4 is 10.6 Å².